The Morgan fingerprint density at radius 1 is 1.30 bits per heavy atom. The molecule has 110 valence electrons. The average molecular weight is 276 g/mol. The maximum absolute atomic E-state index is 11.8. The minimum absolute atomic E-state index is 0.0274. The summed E-state index contributed by atoms with van der Waals surface area (Å²) in [6.07, 6.45) is 3.15. The van der Waals surface area contributed by atoms with Crippen LogP contribution in [0.2, 0.25) is 0 Å². The summed E-state index contributed by atoms with van der Waals surface area (Å²) in [6.45, 7) is 4.98. The molecule has 0 spiro atoms. The van der Waals surface area contributed by atoms with Gasteiger partial charge in [-0.15, -0.1) is 0 Å². The van der Waals surface area contributed by atoms with E-state index in [9.17, 15) is 4.79 Å². The van der Waals surface area contributed by atoms with Crippen molar-refractivity contribution in [1.29, 1.82) is 0 Å². The van der Waals surface area contributed by atoms with Crippen LogP contribution in [0.25, 0.3) is 0 Å². The first-order chi connectivity index (χ1) is 9.50. The smallest absolute Gasteiger partial charge is 0.251 e. The molecule has 2 N–H and O–H groups in total. The van der Waals surface area contributed by atoms with E-state index in [-0.39, 0.29) is 11.5 Å². The topological polar surface area (TPSA) is 50.4 Å². The Labute approximate surface area is 120 Å². The molecule has 1 aromatic carbocycles. The highest BCUT2D eigenvalue weighted by molar-refractivity contribution is 5.94. The molecule has 1 fully saturated rings. The van der Waals surface area contributed by atoms with E-state index >= 15 is 0 Å². The van der Waals surface area contributed by atoms with Gasteiger partial charge in [-0.2, -0.15) is 0 Å². The summed E-state index contributed by atoms with van der Waals surface area (Å²) in [4.78, 5) is 11.8. The number of amides is 1. The molecule has 0 saturated heterocycles. The predicted molar refractivity (Wildman–Crippen MR) is 81.1 cm³/mol. The Bertz CT molecular complexity index is 450. The summed E-state index contributed by atoms with van der Waals surface area (Å²) in [5.74, 6) is 0.0274. The zero-order chi connectivity index (χ0) is 14.6. The standard InChI is InChI=1S/C16H24N2O2/c1-16(2,20-3)10-11-17-13-6-4-12(5-7-13)15(19)18-14-8-9-14/h4-7,14,17H,8-11H2,1-3H3,(H,18,19). The maximum atomic E-state index is 11.8. The molecule has 0 bridgehead atoms. The van der Waals surface area contributed by atoms with Crippen LogP contribution >= 0.6 is 0 Å². The zero-order valence-corrected chi connectivity index (χ0v) is 12.5. The zero-order valence-electron chi connectivity index (χ0n) is 12.5. The Kier molecular flexibility index (Phi) is 4.65. The van der Waals surface area contributed by atoms with Crippen molar-refractivity contribution in [3.63, 3.8) is 0 Å². The molecule has 1 aromatic rings. The lowest BCUT2D eigenvalue weighted by Gasteiger charge is -2.23. The van der Waals surface area contributed by atoms with Crippen molar-refractivity contribution < 1.29 is 9.53 Å². The van der Waals surface area contributed by atoms with Crippen LogP contribution in [-0.4, -0.2) is 31.2 Å². The lowest BCUT2D eigenvalue weighted by atomic mass is 10.1. The van der Waals surface area contributed by atoms with Crippen molar-refractivity contribution >= 4 is 11.6 Å². The Morgan fingerprint density at radius 2 is 1.95 bits per heavy atom. The monoisotopic (exact) mass is 276 g/mol. The summed E-state index contributed by atoms with van der Waals surface area (Å²) < 4.78 is 5.38. The number of benzene rings is 1. The van der Waals surface area contributed by atoms with Gasteiger partial charge in [-0.1, -0.05) is 0 Å². The Balaban J connectivity index is 1.80. The Hall–Kier alpha value is -1.55. The van der Waals surface area contributed by atoms with E-state index in [1.165, 1.54) is 0 Å². The molecule has 20 heavy (non-hydrogen) atoms. The van der Waals surface area contributed by atoms with Crippen molar-refractivity contribution in [3.05, 3.63) is 29.8 Å². The fourth-order valence-electron chi connectivity index (χ4n) is 1.85. The van der Waals surface area contributed by atoms with Gasteiger partial charge in [0.25, 0.3) is 5.91 Å². The second-order valence-electron chi connectivity index (χ2n) is 5.97. The van der Waals surface area contributed by atoms with E-state index in [1.807, 2.05) is 24.3 Å². The van der Waals surface area contributed by atoms with Gasteiger partial charge in [0.15, 0.2) is 0 Å². The number of carbonyl (C=O) groups is 1. The quantitative estimate of drug-likeness (QED) is 0.805. The van der Waals surface area contributed by atoms with Gasteiger partial charge in [-0.05, 0) is 57.4 Å². The van der Waals surface area contributed by atoms with Gasteiger partial charge in [-0.3, -0.25) is 4.79 Å². The van der Waals surface area contributed by atoms with Gasteiger partial charge in [0.05, 0.1) is 5.60 Å². The van der Waals surface area contributed by atoms with Gasteiger partial charge >= 0.3 is 0 Å². The summed E-state index contributed by atoms with van der Waals surface area (Å²) in [5, 5.41) is 6.33. The van der Waals surface area contributed by atoms with Crippen LogP contribution < -0.4 is 10.6 Å². The second-order valence-corrected chi connectivity index (χ2v) is 5.97. The van der Waals surface area contributed by atoms with E-state index in [1.54, 1.807) is 7.11 Å². The fraction of sp³-hybridized carbons (Fsp3) is 0.562. The predicted octanol–water partition coefficient (Wildman–Crippen LogP) is 2.81. The number of hydrogen-bond donors (Lipinski definition) is 2. The first-order valence-corrected chi connectivity index (χ1v) is 7.20. The maximum Gasteiger partial charge on any atom is 0.251 e. The van der Waals surface area contributed by atoms with E-state index in [4.69, 9.17) is 4.74 Å². The van der Waals surface area contributed by atoms with E-state index in [0.29, 0.717) is 6.04 Å². The summed E-state index contributed by atoms with van der Waals surface area (Å²) in [5.41, 5.74) is 1.64. The molecule has 1 amide bonds. The number of hydrogen-bond acceptors (Lipinski definition) is 3. The minimum Gasteiger partial charge on any atom is -0.385 e. The lowest BCUT2D eigenvalue weighted by molar-refractivity contribution is 0.0185. The molecule has 0 radical (unpaired) electrons. The normalized spacial score (nSPS) is 14.9. The number of nitrogens with one attached hydrogen (secondary N) is 2. The van der Waals surface area contributed by atoms with Crippen LogP contribution in [0.1, 0.15) is 43.5 Å². The van der Waals surface area contributed by atoms with Gasteiger partial charge in [0.1, 0.15) is 0 Å². The highest BCUT2D eigenvalue weighted by atomic mass is 16.5. The molecule has 0 heterocycles. The van der Waals surface area contributed by atoms with Crippen molar-refractivity contribution in [2.24, 2.45) is 0 Å². The van der Waals surface area contributed by atoms with Crippen molar-refractivity contribution in [2.75, 3.05) is 19.0 Å². The third kappa shape index (κ3) is 4.53. The van der Waals surface area contributed by atoms with Crippen LogP contribution in [-0.2, 0) is 4.74 Å². The minimum atomic E-state index is -0.114. The first-order valence-electron chi connectivity index (χ1n) is 7.20. The highest BCUT2D eigenvalue weighted by Crippen LogP contribution is 2.20. The van der Waals surface area contributed by atoms with Crippen molar-refractivity contribution in [2.45, 2.75) is 44.8 Å². The van der Waals surface area contributed by atoms with Crippen LogP contribution in [0.3, 0.4) is 0 Å². The van der Waals surface area contributed by atoms with Crippen LogP contribution in [0.5, 0.6) is 0 Å². The van der Waals surface area contributed by atoms with Gasteiger partial charge in [-0.25, -0.2) is 0 Å². The average Bonchev–Trinajstić information content (AvgIpc) is 3.23. The molecule has 1 saturated carbocycles. The molecule has 1 aliphatic carbocycles. The molecule has 0 aromatic heterocycles. The molecular weight excluding hydrogens is 252 g/mol. The van der Waals surface area contributed by atoms with E-state index in [0.717, 1.165) is 37.1 Å². The van der Waals surface area contributed by atoms with Gasteiger partial charge in [0.2, 0.25) is 0 Å². The molecule has 2 rings (SSSR count). The third-order valence-corrected chi connectivity index (χ3v) is 3.67. The summed E-state index contributed by atoms with van der Waals surface area (Å²) in [7, 11) is 1.73. The van der Waals surface area contributed by atoms with Crippen LogP contribution in [0, 0.1) is 0 Å². The van der Waals surface area contributed by atoms with Gasteiger partial charge in [0, 0.05) is 30.9 Å². The SMILES string of the molecule is COC(C)(C)CCNc1ccc(C(=O)NC2CC2)cc1. The summed E-state index contributed by atoms with van der Waals surface area (Å²) in [6, 6.07) is 8.02. The third-order valence-electron chi connectivity index (χ3n) is 3.67. The number of rotatable bonds is 7. The molecule has 4 nitrogen and oxygen atoms in total. The molecule has 0 unspecified atom stereocenters. The second kappa shape index (κ2) is 6.27. The lowest BCUT2D eigenvalue weighted by Crippen LogP contribution is -2.26. The molecule has 0 aliphatic heterocycles. The van der Waals surface area contributed by atoms with Crippen LogP contribution in [0.4, 0.5) is 5.69 Å². The molecule has 1 aliphatic rings. The Morgan fingerprint density at radius 3 is 2.50 bits per heavy atom. The highest BCUT2D eigenvalue weighted by Gasteiger charge is 2.23. The number of methoxy groups -OCH3 is 1. The van der Waals surface area contributed by atoms with Gasteiger partial charge < -0.3 is 15.4 Å². The van der Waals surface area contributed by atoms with E-state index < -0.39 is 0 Å². The van der Waals surface area contributed by atoms with Crippen LogP contribution in [0.15, 0.2) is 24.3 Å². The number of carbonyl (C=O) groups excluding carboxylic acids is 1. The molecule has 0 atom stereocenters. The number of anilines is 1. The largest absolute Gasteiger partial charge is 0.385 e. The summed E-state index contributed by atoms with van der Waals surface area (Å²) >= 11 is 0. The molecule has 4 heteroatoms. The fourth-order valence-corrected chi connectivity index (χ4v) is 1.85. The van der Waals surface area contributed by atoms with E-state index in [2.05, 4.69) is 24.5 Å². The first kappa shape index (κ1) is 14.9. The van der Waals surface area contributed by atoms with Crippen molar-refractivity contribution in [3.8, 4) is 0 Å². The van der Waals surface area contributed by atoms with Crippen molar-refractivity contribution in [1.82, 2.24) is 5.32 Å². The molecular formula is C16H24N2O2. The number of ether oxygens (including phenoxy) is 1.